The normalized spacial score (nSPS) is 12.5. The number of carbonyl (C=O) groups is 1. The zero-order valence-corrected chi connectivity index (χ0v) is 19.4. The predicted molar refractivity (Wildman–Crippen MR) is 126 cm³/mol. The van der Waals surface area contributed by atoms with Crippen molar-refractivity contribution in [2.24, 2.45) is 5.92 Å². The number of benzene rings is 2. The van der Waals surface area contributed by atoms with Gasteiger partial charge in [0.2, 0.25) is 5.92 Å². The number of rotatable bonds is 9. The third-order valence-corrected chi connectivity index (χ3v) is 5.38. The average Bonchev–Trinajstić information content (AvgIpc) is 2.71. The van der Waals surface area contributed by atoms with Crippen molar-refractivity contribution >= 4 is 17.2 Å². The number of ketones is 1. The van der Waals surface area contributed by atoms with Crippen molar-refractivity contribution in [2.45, 2.75) is 53.4 Å². The molecule has 0 aromatic heterocycles. The second-order valence-corrected chi connectivity index (χ2v) is 8.49. The molecule has 2 aromatic carbocycles. The van der Waals surface area contributed by atoms with Crippen LogP contribution < -0.4 is 0 Å². The minimum Gasteiger partial charge on any atom is -0.344 e. The van der Waals surface area contributed by atoms with Gasteiger partial charge in [0.25, 0.3) is 0 Å². The summed E-state index contributed by atoms with van der Waals surface area (Å²) in [6, 6.07) is 15.2. The number of Topliss-reactive ketones (excluding diaryl/α,β-unsaturated/α-hetero) is 1. The van der Waals surface area contributed by atoms with E-state index < -0.39 is 5.92 Å². The number of allylic oxidation sites excluding steroid dienone is 1. The van der Waals surface area contributed by atoms with E-state index in [-0.39, 0.29) is 18.1 Å². The van der Waals surface area contributed by atoms with Gasteiger partial charge in [-0.3, -0.25) is 4.79 Å². The maximum absolute atomic E-state index is 13.8. The molecule has 0 heterocycles. The van der Waals surface area contributed by atoms with Crippen molar-refractivity contribution in [1.82, 2.24) is 4.90 Å². The van der Waals surface area contributed by atoms with Crippen LogP contribution in [0, 0.1) is 5.92 Å². The Balaban J connectivity index is 2.50. The van der Waals surface area contributed by atoms with Crippen LogP contribution in [0.25, 0.3) is 11.4 Å². The van der Waals surface area contributed by atoms with Crippen LogP contribution >= 0.6 is 0 Å². The van der Waals surface area contributed by atoms with Crippen molar-refractivity contribution in [3.05, 3.63) is 82.9 Å². The Bertz CT molecular complexity index is 968. The highest BCUT2D eigenvalue weighted by Crippen LogP contribution is 2.34. The molecule has 0 unspecified atom stereocenters. The number of hydrogen-bond acceptors (Lipinski definition) is 2. The van der Waals surface area contributed by atoms with Crippen molar-refractivity contribution in [3.63, 3.8) is 0 Å². The first-order valence-electron chi connectivity index (χ1n) is 10.7. The number of nitrogens with zero attached hydrogens (tertiary/aromatic N) is 1. The second kappa shape index (κ2) is 10.0. The summed E-state index contributed by atoms with van der Waals surface area (Å²) in [5.41, 5.74) is 5.41. The summed E-state index contributed by atoms with van der Waals surface area (Å²) in [7, 11) is 1.85. The van der Waals surface area contributed by atoms with Gasteiger partial charge in [-0.25, -0.2) is 8.78 Å². The van der Waals surface area contributed by atoms with Crippen molar-refractivity contribution in [1.29, 1.82) is 0 Å². The van der Waals surface area contributed by atoms with Gasteiger partial charge < -0.3 is 4.90 Å². The van der Waals surface area contributed by atoms with Crippen LogP contribution in [0.5, 0.6) is 0 Å². The van der Waals surface area contributed by atoms with E-state index in [9.17, 15) is 13.6 Å². The van der Waals surface area contributed by atoms with Gasteiger partial charge in [-0.1, -0.05) is 69.8 Å². The van der Waals surface area contributed by atoms with Crippen LogP contribution in [0.15, 0.2) is 60.7 Å². The van der Waals surface area contributed by atoms with Crippen molar-refractivity contribution < 1.29 is 13.6 Å². The quantitative estimate of drug-likeness (QED) is 0.388. The minimum atomic E-state index is -2.81. The monoisotopic (exact) mass is 425 g/mol. The Labute approximate surface area is 185 Å². The molecule has 2 rings (SSSR count). The molecule has 0 aliphatic rings. The Morgan fingerprint density at radius 3 is 2.23 bits per heavy atom. The lowest BCUT2D eigenvalue weighted by Gasteiger charge is -2.29. The molecule has 2 nitrogen and oxygen atoms in total. The number of alkyl halides is 2. The highest BCUT2D eigenvalue weighted by molar-refractivity contribution is 5.99. The number of carbonyl (C=O) groups excluding carboxylic acids is 1. The molecule has 0 aliphatic heterocycles. The fourth-order valence-electron chi connectivity index (χ4n) is 3.82. The molecule has 2 aromatic rings. The molecule has 4 heteroatoms. The molecule has 0 aliphatic carbocycles. The standard InChI is InChI=1S/C27H33F2NO/c1-8-21-16-23(14-15-24(21)26(31)18(2)3)20(5)30(7)25(19(4)17-27(6,28)29)22-12-10-9-11-13-22/h9-16,18H,5,8,17H2,1-4,6-7H3/b25-19+. The van der Waals surface area contributed by atoms with E-state index in [4.69, 9.17) is 0 Å². The van der Waals surface area contributed by atoms with E-state index >= 15 is 0 Å². The van der Waals surface area contributed by atoms with Crippen LogP contribution in [0.2, 0.25) is 0 Å². The molecule has 0 spiro atoms. The van der Waals surface area contributed by atoms with Gasteiger partial charge >= 0.3 is 0 Å². The summed E-state index contributed by atoms with van der Waals surface area (Å²) >= 11 is 0. The van der Waals surface area contributed by atoms with Crippen LogP contribution in [-0.2, 0) is 6.42 Å². The number of hydrogen-bond donors (Lipinski definition) is 0. The Kier molecular flexibility index (Phi) is 7.94. The predicted octanol–water partition coefficient (Wildman–Crippen LogP) is 7.47. The van der Waals surface area contributed by atoms with Crippen LogP contribution in [-0.4, -0.2) is 23.7 Å². The zero-order chi connectivity index (χ0) is 23.3. The molecular formula is C27H33F2NO. The first-order valence-corrected chi connectivity index (χ1v) is 10.7. The SMILES string of the molecule is C=C(c1ccc(C(=O)C(C)C)c(CC)c1)N(C)/C(=C(\C)CC(C)(F)F)c1ccccc1. The lowest BCUT2D eigenvalue weighted by molar-refractivity contribution is 0.0226. The molecule has 0 atom stereocenters. The van der Waals surface area contributed by atoms with E-state index in [1.165, 1.54) is 0 Å². The summed E-state index contributed by atoms with van der Waals surface area (Å²) in [5, 5.41) is 0. The highest BCUT2D eigenvalue weighted by atomic mass is 19.3. The van der Waals surface area contributed by atoms with Gasteiger partial charge in [-0.15, -0.1) is 0 Å². The van der Waals surface area contributed by atoms with Crippen molar-refractivity contribution in [3.8, 4) is 0 Å². The van der Waals surface area contributed by atoms with E-state index in [0.717, 1.165) is 35.6 Å². The van der Waals surface area contributed by atoms with E-state index in [1.54, 1.807) is 6.92 Å². The summed E-state index contributed by atoms with van der Waals surface area (Å²) in [4.78, 5) is 14.4. The number of halogens is 2. The van der Waals surface area contributed by atoms with E-state index in [1.807, 2.05) is 81.2 Å². The largest absolute Gasteiger partial charge is 0.344 e. The first-order chi connectivity index (χ1) is 14.5. The molecule has 31 heavy (non-hydrogen) atoms. The Hall–Kier alpha value is -2.75. The Morgan fingerprint density at radius 2 is 1.71 bits per heavy atom. The maximum Gasteiger partial charge on any atom is 0.249 e. The molecule has 0 saturated heterocycles. The first kappa shape index (κ1) is 24.5. The van der Waals surface area contributed by atoms with Gasteiger partial charge in [-0.2, -0.15) is 0 Å². The smallest absolute Gasteiger partial charge is 0.249 e. The lowest BCUT2D eigenvalue weighted by atomic mass is 9.92. The second-order valence-electron chi connectivity index (χ2n) is 8.49. The van der Waals surface area contributed by atoms with Gasteiger partial charge in [0.05, 0.1) is 0 Å². The minimum absolute atomic E-state index is 0.0759. The molecular weight excluding hydrogens is 392 g/mol. The average molecular weight is 426 g/mol. The zero-order valence-electron chi connectivity index (χ0n) is 19.4. The maximum atomic E-state index is 13.8. The third kappa shape index (κ3) is 6.13. The molecule has 0 saturated carbocycles. The van der Waals surface area contributed by atoms with Gasteiger partial charge in [0, 0.05) is 36.3 Å². The topological polar surface area (TPSA) is 20.3 Å². The highest BCUT2D eigenvalue weighted by Gasteiger charge is 2.25. The van der Waals surface area contributed by atoms with Gasteiger partial charge in [0.1, 0.15) is 0 Å². The third-order valence-electron chi connectivity index (χ3n) is 5.38. The van der Waals surface area contributed by atoms with E-state index in [2.05, 4.69) is 6.58 Å². The molecule has 0 amide bonds. The van der Waals surface area contributed by atoms with Crippen LogP contribution in [0.3, 0.4) is 0 Å². The molecule has 0 fully saturated rings. The fraction of sp³-hybridized carbons (Fsp3) is 0.370. The van der Waals surface area contributed by atoms with Gasteiger partial charge in [0.15, 0.2) is 5.78 Å². The Morgan fingerprint density at radius 1 is 1.10 bits per heavy atom. The molecule has 166 valence electrons. The summed E-state index contributed by atoms with van der Waals surface area (Å²) in [5.74, 6) is -2.76. The number of aryl methyl sites for hydroxylation is 1. The molecule has 0 bridgehead atoms. The lowest BCUT2D eigenvalue weighted by Crippen LogP contribution is -2.19. The summed E-state index contributed by atoms with van der Waals surface area (Å²) < 4.78 is 27.6. The van der Waals surface area contributed by atoms with Crippen LogP contribution in [0.1, 0.15) is 68.1 Å². The molecule has 0 N–H and O–H groups in total. The van der Waals surface area contributed by atoms with Crippen LogP contribution in [0.4, 0.5) is 8.78 Å². The van der Waals surface area contributed by atoms with E-state index in [0.29, 0.717) is 17.0 Å². The fourth-order valence-corrected chi connectivity index (χ4v) is 3.82. The summed E-state index contributed by atoms with van der Waals surface area (Å²) in [6.07, 6.45) is 0.387. The summed E-state index contributed by atoms with van der Waals surface area (Å²) in [6.45, 7) is 12.7. The van der Waals surface area contributed by atoms with Gasteiger partial charge in [-0.05, 0) is 48.6 Å². The molecule has 0 radical (unpaired) electrons. The van der Waals surface area contributed by atoms with Crippen molar-refractivity contribution in [2.75, 3.05) is 7.05 Å².